The summed E-state index contributed by atoms with van der Waals surface area (Å²) in [7, 11) is 0. The van der Waals surface area contributed by atoms with E-state index in [0.29, 0.717) is 12.3 Å². The summed E-state index contributed by atoms with van der Waals surface area (Å²) in [4.78, 5) is 11.9. The summed E-state index contributed by atoms with van der Waals surface area (Å²) >= 11 is 1.80. The lowest BCUT2D eigenvalue weighted by atomic mass is 9.90. The van der Waals surface area contributed by atoms with E-state index in [1.807, 2.05) is 4.68 Å². The molecule has 0 amide bonds. The molecular weight excluding hydrogens is 262 g/mol. The van der Waals surface area contributed by atoms with Crippen molar-refractivity contribution in [3.63, 3.8) is 0 Å². The fourth-order valence-electron chi connectivity index (χ4n) is 1.91. The van der Waals surface area contributed by atoms with E-state index in [0.717, 1.165) is 24.4 Å². The second-order valence-corrected chi connectivity index (χ2v) is 6.31. The van der Waals surface area contributed by atoms with Crippen LogP contribution in [0.1, 0.15) is 50.3 Å². The molecule has 0 N–H and O–H groups in total. The van der Waals surface area contributed by atoms with Crippen molar-refractivity contribution in [1.29, 1.82) is 0 Å². The lowest BCUT2D eigenvalue weighted by Gasteiger charge is -2.20. The van der Waals surface area contributed by atoms with Crippen LogP contribution in [-0.2, 0) is 16.7 Å². The van der Waals surface area contributed by atoms with E-state index in [1.165, 1.54) is 0 Å². The Labute approximate surface area is 119 Å². The molecule has 1 heterocycles. The molecule has 0 saturated heterocycles. The molecule has 0 spiro atoms. The summed E-state index contributed by atoms with van der Waals surface area (Å²) < 4.78 is 6.88. The van der Waals surface area contributed by atoms with Crippen LogP contribution in [0.5, 0.6) is 0 Å². The molecule has 108 valence electrons. The third-order valence-electron chi connectivity index (χ3n) is 2.63. The second-order valence-electron chi connectivity index (χ2n) is 5.33. The van der Waals surface area contributed by atoms with Crippen molar-refractivity contribution in [1.82, 2.24) is 15.0 Å². The monoisotopic (exact) mass is 285 g/mol. The van der Waals surface area contributed by atoms with Crippen LogP contribution in [0.15, 0.2) is 0 Å². The van der Waals surface area contributed by atoms with E-state index in [9.17, 15) is 4.79 Å². The highest BCUT2D eigenvalue weighted by Crippen LogP contribution is 2.25. The fraction of sp³-hybridized carbons (Fsp3) is 0.769. The molecule has 1 aromatic rings. The third-order valence-corrected chi connectivity index (χ3v) is 3.33. The molecule has 0 saturated carbocycles. The maximum atomic E-state index is 11.9. The van der Waals surface area contributed by atoms with Gasteiger partial charge in [-0.2, -0.15) is 11.8 Å². The van der Waals surface area contributed by atoms with Gasteiger partial charge in [0.25, 0.3) is 0 Å². The van der Waals surface area contributed by atoms with Crippen LogP contribution >= 0.6 is 11.8 Å². The lowest BCUT2D eigenvalue weighted by molar-refractivity contribution is 0.0516. The zero-order valence-electron chi connectivity index (χ0n) is 12.4. The molecule has 19 heavy (non-hydrogen) atoms. The van der Waals surface area contributed by atoms with Crippen LogP contribution in [0, 0.1) is 0 Å². The van der Waals surface area contributed by atoms with Gasteiger partial charge in [-0.3, -0.25) is 0 Å². The van der Waals surface area contributed by atoms with Gasteiger partial charge in [0.05, 0.1) is 12.3 Å². The molecular formula is C13H23N3O2S. The Morgan fingerprint density at radius 2 is 2.11 bits per heavy atom. The topological polar surface area (TPSA) is 57.0 Å². The van der Waals surface area contributed by atoms with Gasteiger partial charge in [-0.15, -0.1) is 5.10 Å². The minimum Gasteiger partial charge on any atom is -0.461 e. The maximum Gasteiger partial charge on any atom is 0.360 e. The highest BCUT2D eigenvalue weighted by atomic mass is 32.2. The summed E-state index contributed by atoms with van der Waals surface area (Å²) in [5.74, 6) is 0.682. The van der Waals surface area contributed by atoms with Gasteiger partial charge < -0.3 is 4.74 Å². The fourth-order valence-corrected chi connectivity index (χ4v) is 2.33. The number of thioether (sulfide) groups is 1. The number of carbonyl (C=O) groups excluding carboxylic acids is 1. The van der Waals surface area contributed by atoms with Crippen LogP contribution in [0.3, 0.4) is 0 Å². The standard InChI is InChI=1S/C13H23N3O2S/c1-6-18-12(17)10-11(13(2,3)4)16(15-14-10)8-7-9-19-5/h6-9H2,1-5H3. The number of nitrogens with zero attached hydrogens (tertiary/aromatic N) is 3. The van der Waals surface area contributed by atoms with Crippen molar-refractivity contribution in [2.45, 2.75) is 46.1 Å². The van der Waals surface area contributed by atoms with E-state index >= 15 is 0 Å². The van der Waals surface area contributed by atoms with Gasteiger partial charge in [-0.25, -0.2) is 9.48 Å². The number of rotatable bonds is 6. The first kappa shape index (κ1) is 16.0. The first-order valence-electron chi connectivity index (χ1n) is 6.51. The Morgan fingerprint density at radius 1 is 1.42 bits per heavy atom. The molecule has 1 rings (SSSR count). The molecule has 0 fully saturated rings. The number of aromatic nitrogens is 3. The van der Waals surface area contributed by atoms with Gasteiger partial charge in [0.2, 0.25) is 0 Å². The number of esters is 1. The molecule has 0 aliphatic carbocycles. The zero-order valence-corrected chi connectivity index (χ0v) is 13.2. The van der Waals surface area contributed by atoms with E-state index in [-0.39, 0.29) is 11.4 Å². The van der Waals surface area contributed by atoms with Crippen molar-refractivity contribution < 1.29 is 9.53 Å². The minimum atomic E-state index is -0.386. The molecule has 0 atom stereocenters. The van der Waals surface area contributed by atoms with Crippen molar-refractivity contribution >= 4 is 17.7 Å². The van der Waals surface area contributed by atoms with Crippen molar-refractivity contribution in [2.75, 3.05) is 18.6 Å². The Balaban J connectivity index is 3.02. The second kappa shape index (κ2) is 6.93. The van der Waals surface area contributed by atoms with Crippen molar-refractivity contribution in [3.05, 3.63) is 11.4 Å². The number of carbonyl (C=O) groups is 1. The molecule has 5 nitrogen and oxygen atoms in total. The van der Waals surface area contributed by atoms with E-state index in [4.69, 9.17) is 4.74 Å². The van der Waals surface area contributed by atoms with Gasteiger partial charge in [-0.05, 0) is 25.4 Å². The Bertz CT molecular complexity index is 424. The van der Waals surface area contributed by atoms with Crippen LogP contribution in [0.25, 0.3) is 0 Å². The summed E-state index contributed by atoms with van der Waals surface area (Å²) in [6.45, 7) is 9.08. The molecule has 6 heteroatoms. The van der Waals surface area contributed by atoms with Gasteiger partial charge in [-0.1, -0.05) is 26.0 Å². The van der Waals surface area contributed by atoms with Gasteiger partial charge in [0, 0.05) is 12.0 Å². The summed E-state index contributed by atoms with van der Waals surface area (Å²) in [6.07, 6.45) is 3.09. The third kappa shape index (κ3) is 4.23. The lowest BCUT2D eigenvalue weighted by Crippen LogP contribution is -2.23. The first-order chi connectivity index (χ1) is 8.91. The first-order valence-corrected chi connectivity index (χ1v) is 7.91. The maximum absolute atomic E-state index is 11.9. The molecule has 0 aromatic carbocycles. The van der Waals surface area contributed by atoms with Crippen LogP contribution in [0.4, 0.5) is 0 Å². The van der Waals surface area contributed by atoms with Gasteiger partial charge in [0.1, 0.15) is 0 Å². The van der Waals surface area contributed by atoms with Crippen LogP contribution in [0.2, 0.25) is 0 Å². The Morgan fingerprint density at radius 3 is 2.63 bits per heavy atom. The average Bonchev–Trinajstić information content (AvgIpc) is 2.73. The number of aryl methyl sites for hydroxylation is 1. The predicted octanol–water partition coefficient (Wildman–Crippen LogP) is 2.51. The zero-order chi connectivity index (χ0) is 14.5. The van der Waals surface area contributed by atoms with E-state index in [2.05, 4.69) is 37.3 Å². The van der Waals surface area contributed by atoms with Crippen molar-refractivity contribution in [2.24, 2.45) is 0 Å². The molecule has 0 bridgehead atoms. The van der Waals surface area contributed by atoms with Gasteiger partial charge >= 0.3 is 5.97 Å². The van der Waals surface area contributed by atoms with E-state index in [1.54, 1.807) is 18.7 Å². The van der Waals surface area contributed by atoms with Crippen molar-refractivity contribution in [3.8, 4) is 0 Å². The SMILES string of the molecule is CCOC(=O)c1nnn(CCCSC)c1C(C)(C)C. The largest absolute Gasteiger partial charge is 0.461 e. The predicted molar refractivity (Wildman–Crippen MR) is 77.7 cm³/mol. The number of hydrogen-bond donors (Lipinski definition) is 0. The Kier molecular flexibility index (Phi) is 5.85. The minimum absolute atomic E-state index is 0.190. The van der Waals surface area contributed by atoms with E-state index < -0.39 is 0 Å². The van der Waals surface area contributed by atoms with Gasteiger partial charge in [0.15, 0.2) is 5.69 Å². The highest BCUT2D eigenvalue weighted by molar-refractivity contribution is 7.98. The quantitative estimate of drug-likeness (QED) is 0.594. The number of hydrogen-bond acceptors (Lipinski definition) is 5. The summed E-state index contributed by atoms with van der Waals surface area (Å²) in [5, 5.41) is 8.13. The number of ether oxygens (including phenoxy) is 1. The average molecular weight is 285 g/mol. The smallest absolute Gasteiger partial charge is 0.360 e. The molecule has 0 aliphatic rings. The molecule has 0 radical (unpaired) electrons. The van der Waals surface area contributed by atoms with Crippen LogP contribution < -0.4 is 0 Å². The Hall–Kier alpha value is -1.04. The summed E-state index contributed by atoms with van der Waals surface area (Å²) in [5.41, 5.74) is 1.01. The summed E-state index contributed by atoms with van der Waals surface area (Å²) in [6, 6.07) is 0. The molecule has 0 unspecified atom stereocenters. The molecule has 0 aliphatic heterocycles. The highest BCUT2D eigenvalue weighted by Gasteiger charge is 2.29. The molecule has 1 aromatic heterocycles. The normalized spacial score (nSPS) is 11.6. The van der Waals surface area contributed by atoms with Crippen LogP contribution in [-0.4, -0.2) is 39.6 Å².